The zero-order chi connectivity index (χ0) is 10.7. The Hall–Kier alpha value is -0.860. The van der Waals surface area contributed by atoms with Crippen LogP contribution in [0.1, 0.15) is 12.0 Å². The van der Waals surface area contributed by atoms with Crippen LogP contribution in [-0.4, -0.2) is 31.1 Å². The third-order valence-electron chi connectivity index (χ3n) is 3.12. The van der Waals surface area contributed by atoms with E-state index < -0.39 is 0 Å². The van der Waals surface area contributed by atoms with Crippen LogP contribution in [0.4, 0.5) is 0 Å². The molecular weight excluding hydrogens is 184 g/mol. The van der Waals surface area contributed by atoms with Crippen LogP contribution in [0.15, 0.2) is 30.3 Å². The average molecular weight is 204 g/mol. The number of rotatable bonds is 2. The Morgan fingerprint density at radius 2 is 2.00 bits per heavy atom. The van der Waals surface area contributed by atoms with E-state index in [1.807, 2.05) is 0 Å². The molecule has 0 saturated carbocycles. The molecule has 2 atom stereocenters. The van der Waals surface area contributed by atoms with Crippen molar-refractivity contribution in [2.75, 3.05) is 20.1 Å². The van der Waals surface area contributed by atoms with Gasteiger partial charge in [-0.3, -0.25) is 0 Å². The number of likely N-dealkylation sites (tertiary alicyclic amines) is 1. The monoisotopic (exact) mass is 204 g/mol. The fraction of sp³-hybridized carbons (Fsp3) is 0.538. The zero-order valence-electron chi connectivity index (χ0n) is 9.39. The zero-order valence-corrected chi connectivity index (χ0v) is 9.39. The molecule has 1 aliphatic rings. The summed E-state index contributed by atoms with van der Waals surface area (Å²) in [5.41, 5.74) is 7.46. The molecule has 2 heteroatoms. The molecule has 0 amide bonds. The maximum atomic E-state index is 6.03. The summed E-state index contributed by atoms with van der Waals surface area (Å²) < 4.78 is 0. The first-order valence-electron chi connectivity index (χ1n) is 5.72. The lowest BCUT2D eigenvalue weighted by molar-refractivity contribution is 0.188. The summed E-state index contributed by atoms with van der Waals surface area (Å²) in [4.78, 5) is 2.35. The summed E-state index contributed by atoms with van der Waals surface area (Å²) in [5.74, 6) is 0.723. The van der Waals surface area contributed by atoms with E-state index in [1.165, 1.54) is 24.9 Å². The van der Waals surface area contributed by atoms with Crippen LogP contribution in [0.2, 0.25) is 0 Å². The lowest BCUT2D eigenvalue weighted by Crippen LogP contribution is -2.45. The Kier molecular flexibility index (Phi) is 3.39. The smallest absolute Gasteiger partial charge is 0.0170 e. The van der Waals surface area contributed by atoms with E-state index in [0.29, 0.717) is 6.04 Å². The first kappa shape index (κ1) is 10.7. The highest BCUT2D eigenvalue weighted by atomic mass is 15.1. The van der Waals surface area contributed by atoms with Gasteiger partial charge in [-0.15, -0.1) is 0 Å². The van der Waals surface area contributed by atoms with E-state index in [0.717, 1.165) is 12.5 Å². The fourth-order valence-corrected chi connectivity index (χ4v) is 2.59. The normalized spacial score (nSPS) is 27.9. The minimum atomic E-state index is 0.359. The molecule has 2 nitrogen and oxygen atoms in total. The Labute approximate surface area is 92.1 Å². The topological polar surface area (TPSA) is 29.3 Å². The number of nitrogens with zero attached hydrogens (tertiary/aromatic N) is 1. The predicted molar refractivity (Wildman–Crippen MR) is 63.7 cm³/mol. The highest BCUT2D eigenvalue weighted by molar-refractivity contribution is 5.15. The molecule has 0 radical (unpaired) electrons. The number of benzene rings is 1. The molecule has 1 saturated heterocycles. The molecule has 1 unspecified atom stereocenters. The number of hydrogen-bond acceptors (Lipinski definition) is 2. The molecule has 1 fully saturated rings. The molecule has 2 rings (SSSR count). The first-order valence-corrected chi connectivity index (χ1v) is 5.72. The van der Waals surface area contributed by atoms with Gasteiger partial charge < -0.3 is 10.6 Å². The molecule has 0 aromatic heterocycles. The lowest BCUT2D eigenvalue weighted by Gasteiger charge is -2.33. The molecule has 1 heterocycles. The van der Waals surface area contributed by atoms with Gasteiger partial charge >= 0.3 is 0 Å². The van der Waals surface area contributed by atoms with E-state index in [9.17, 15) is 0 Å². The quantitative estimate of drug-likeness (QED) is 0.791. The molecular formula is C13H20N2. The average Bonchev–Trinajstić information content (AvgIpc) is 2.17. The van der Waals surface area contributed by atoms with E-state index in [-0.39, 0.29) is 0 Å². The van der Waals surface area contributed by atoms with Crippen LogP contribution in [0.5, 0.6) is 0 Å². The van der Waals surface area contributed by atoms with Crippen LogP contribution < -0.4 is 5.73 Å². The van der Waals surface area contributed by atoms with Crippen molar-refractivity contribution in [2.24, 2.45) is 11.7 Å². The van der Waals surface area contributed by atoms with Gasteiger partial charge in [-0.05, 0) is 31.4 Å². The van der Waals surface area contributed by atoms with Gasteiger partial charge in [-0.25, -0.2) is 0 Å². The summed E-state index contributed by atoms with van der Waals surface area (Å²) in [6, 6.07) is 11.1. The summed E-state index contributed by atoms with van der Waals surface area (Å²) in [5, 5.41) is 0. The van der Waals surface area contributed by atoms with Crippen molar-refractivity contribution in [3.63, 3.8) is 0 Å². The molecule has 0 aliphatic carbocycles. The van der Waals surface area contributed by atoms with E-state index in [4.69, 9.17) is 5.73 Å². The molecule has 82 valence electrons. The van der Waals surface area contributed by atoms with Crippen molar-refractivity contribution in [3.05, 3.63) is 35.9 Å². The van der Waals surface area contributed by atoms with Crippen LogP contribution in [-0.2, 0) is 6.42 Å². The molecule has 0 bridgehead atoms. The summed E-state index contributed by atoms with van der Waals surface area (Å²) >= 11 is 0. The van der Waals surface area contributed by atoms with Crippen molar-refractivity contribution >= 4 is 0 Å². The SMILES string of the molecule is CN1CC(Cc2ccccc2)C[C@@H](N)C1. The second kappa shape index (κ2) is 4.77. The third kappa shape index (κ3) is 3.05. The second-order valence-electron chi connectivity index (χ2n) is 4.77. The van der Waals surface area contributed by atoms with Crippen LogP contribution in [0, 0.1) is 5.92 Å². The van der Waals surface area contributed by atoms with Gasteiger partial charge in [0.25, 0.3) is 0 Å². The van der Waals surface area contributed by atoms with E-state index in [2.05, 4.69) is 42.3 Å². The van der Waals surface area contributed by atoms with Gasteiger partial charge in [0.15, 0.2) is 0 Å². The molecule has 1 aliphatic heterocycles. The van der Waals surface area contributed by atoms with E-state index >= 15 is 0 Å². The molecule has 0 spiro atoms. The lowest BCUT2D eigenvalue weighted by atomic mass is 9.89. The molecule has 2 N–H and O–H groups in total. The van der Waals surface area contributed by atoms with Crippen LogP contribution in [0.3, 0.4) is 0 Å². The number of piperidine rings is 1. The molecule has 15 heavy (non-hydrogen) atoms. The van der Waals surface area contributed by atoms with Crippen LogP contribution in [0.25, 0.3) is 0 Å². The Bertz CT molecular complexity index is 287. The van der Waals surface area contributed by atoms with Crippen molar-refractivity contribution in [1.29, 1.82) is 0 Å². The minimum Gasteiger partial charge on any atom is -0.327 e. The maximum absolute atomic E-state index is 6.03. The number of hydrogen-bond donors (Lipinski definition) is 1. The second-order valence-corrected chi connectivity index (χ2v) is 4.77. The van der Waals surface area contributed by atoms with Gasteiger partial charge in [0, 0.05) is 19.1 Å². The highest BCUT2D eigenvalue weighted by Gasteiger charge is 2.22. The van der Waals surface area contributed by atoms with Gasteiger partial charge in [-0.1, -0.05) is 30.3 Å². The van der Waals surface area contributed by atoms with Crippen molar-refractivity contribution < 1.29 is 0 Å². The van der Waals surface area contributed by atoms with Gasteiger partial charge in [0.1, 0.15) is 0 Å². The van der Waals surface area contributed by atoms with Gasteiger partial charge in [-0.2, -0.15) is 0 Å². The minimum absolute atomic E-state index is 0.359. The van der Waals surface area contributed by atoms with Crippen molar-refractivity contribution in [3.8, 4) is 0 Å². The first-order chi connectivity index (χ1) is 7.24. The largest absolute Gasteiger partial charge is 0.327 e. The Morgan fingerprint density at radius 1 is 1.27 bits per heavy atom. The standard InChI is InChI=1S/C13H20N2/c1-15-9-12(8-13(14)10-15)7-11-5-3-2-4-6-11/h2-6,12-13H,7-10,14H2,1H3/t12?,13-/m1/s1. The summed E-state index contributed by atoms with van der Waals surface area (Å²) in [6.45, 7) is 2.23. The van der Waals surface area contributed by atoms with Crippen LogP contribution >= 0.6 is 0 Å². The predicted octanol–water partition coefficient (Wildman–Crippen LogP) is 1.51. The maximum Gasteiger partial charge on any atom is 0.0170 e. The summed E-state index contributed by atoms with van der Waals surface area (Å²) in [6.07, 6.45) is 2.33. The van der Waals surface area contributed by atoms with E-state index in [1.54, 1.807) is 0 Å². The Balaban J connectivity index is 1.94. The number of likely N-dealkylation sites (N-methyl/N-ethyl adjacent to an activating group) is 1. The Morgan fingerprint density at radius 3 is 2.67 bits per heavy atom. The highest BCUT2D eigenvalue weighted by Crippen LogP contribution is 2.19. The van der Waals surface area contributed by atoms with Crippen molar-refractivity contribution in [1.82, 2.24) is 4.90 Å². The van der Waals surface area contributed by atoms with Crippen molar-refractivity contribution in [2.45, 2.75) is 18.9 Å². The molecule has 1 aromatic rings. The molecule has 1 aromatic carbocycles. The fourth-order valence-electron chi connectivity index (χ4n) is 2.59. The van der Waals surface area contributed by atoms with Gasteiger partial charge in [0.2, 0.25) is 0 Å². The number of nitrogens with two attached hydrogens (primary N) is 1. The van der Waals surface area contributed by atoms with Gasteiger partial charge in [0.05, 0.1) is 0 Å². The summed E-state index contributed by atoms with van der Waals surface area (Å²) in [7, 11) is 2.16. The third-order valence-corrected chi connectivity index (χ3v) is 3.12.